The zero-order chi connectivity index (χ0) is 19.4. The van der Waals surface area contributed by atoms with Gasteiger partial charge in [-0.2, -0.15) is 4.31 Å². The van der Waals surface area contributed by atoms with Crippen molar-refractivity contribution in [1.82, 2.24) is 9.62 Å². The second kappa shape index (κ2) is 8.50. The van der Waals surface area contributed by atoms with Crippen molar-refractivity contribution in [2.45, 2.75) is 63.4 Å². The number of nitrogens with two attached hydrogens (primary N) is 1. The van der Waals surface area contributed by atoms with Crippen molar-refractivity contribution in [2.75, 3.05) is 13.1 Å². The molecule has 0 aromatic heterocycles. The van der Waals surface area contributed by atoms with E-state index < -0.39 is 15.6 Å². The second-order valence-electron chi connectivity index (χ2n) is 7.26. The summed E-state index contributed by atoms with van der Waals surface area (Å²) in [7, 11) is -3.45. The second-order valence-corrected chi connectivity index (χ2v) is 9.19. The summed E-state index contributed by atoms with van der Waals surface area (Å²) in [6.07, 6.45) is 3.78. The average Bonchev–Trinajstić information content (AvgIpc) is 2.60. The van der Waals surface area contributed by atoms with Crippen LogP contribution in [-0.4, -0.2) is 37.3 Å². The van der Waals surface area contributed by atoms with Gasteiger partial charge in [0.2, 0.25) is 15.9 Å². The van der Waals surface area contributed by atoms with E-state index in [9.17, 15) is 13.2 Å². The molecule has 2 rings (SSSR count). The normalized spacial score (nSPS) is 23.8. The molecule has 0 aliphatic heterocycles. The van der Waals surface area contributed by atoms with Crippen LogP contribution in [0.5, 0.6) is 0 Å². The SMILES string of the molecule is CCN(CC)S(=O)(=O)c1ccc(CNC(=O)C2CCCCC2(C)N)cc1. The lowest BCUT2D eigenvalue weighted by molar-refractivity contribution is -0.128. The number of carbonyl (C=O) groups is 1. The number of carbonyl (C=O) groups excluding carboxylic acids is 1. The minimum absolute atomic E-state index is 0.0189. The lowest BCUT2D eigenvalue weighted by Crippen LogP contribution is -2.52. The fourth-order valence-corrected chi connectivity index (χ4v) is 5.05. The highest BCUT2D eigenvalue weighted by Gasteiger charge is 2.37. The quantitative estimate of drug-likeness (QED) is 0.757. The molecule has 1 amide bonds. The van der Waals surface area contributed by atoms with Crippen molar-refractivity contribution in [3.8, 4) is 0 Å². The Balaban J connectivity index is 2.00. The van der Waals surface area contributed by atoms with Gasteiger partial charge in [-0.15, -0.1) is 0 Å². The Kier molecular flexibility index (Phi) is 6.82. The van der Waals surface area contributed by atoms with Gasteiger partial charge in [0.05, 0.1) is 10.8 Å². The van der Waals surface area contributed by atoms with Gasteiger partial charge in [-0.05, 0) is 37.5 Å². The molecular weight excluding hydrogens is 350 g/mol. The third kappa shape index (κ3) is 4.64. The summed E-state index contributed by atoms with van der Waals surface area (Å²) in [6.45, 7) is 6.84. The van der Waals surface area contributed by atoms with E-state index in [0.29, 0.717) is 19.6 Å². The summed E-state index contributed by atoms with van der Waals surface area (Å²) < 4.78 is 26.4. The van der Waals surface area contributed by atoms with Gasteiger partial charge in [0.1, 0.15) is 0 Å². The first-order valence-electron chi connectivity index (χ1n) is 9.38. The largest absolute Gasteiger partial charge is 0.352 e. The molecule has 1 aliphatic carbocycles. The van der Waals surface area contributed by atoms with Gasteiger partial charge in [-0.25, -0.2) is 8.42 Å². The molecular formula is C19H31N3O3S. The Morgan fingerprint density at radius 3 is 2.38 bits per heavy atom. The van der Waals surface area contributed by atoms with Gasteiger partial charge in [0, 0.05) is 25.2 Å². The zero-order valence-corrected chi connectivity index (χ0v) is 16.8. The van der Waals surface area contributed by atoms with E-state index in [-0.39, 0.29) is 16.7 Å². The number of hydrogen-bond acceptors (Lipinski definition) is 4. The Labute approximate surface area is 157 Å². The molecule has 6 nitrogen and oxygen atoms in total. The monoisotopic (exact) mass is 381 g/mol. The van der Waals surface area contributed by atoms with Crippen molar-refractivity contribution in [3.05, 3.63) is 29.8 Å². The van der Waals surface area contributed by atoms with E-state index in [0.717, 1.165) is 31.2 Å². The molecule has 2 atom stereocenters. The predicted octanol–water partition coefficient (Wildman–Crippen LogP) is 2.24. The zero-order valence-electron chi connectivity index (χ0n) is 16.0. The van der Waals surface area contributed by atoms with Gasteiger partial charge in [0.25, 0.3) is 0 Å². The molecule has 3 N–H and O–H groups in total. The van der Waals surface area contributed by atoms with E-state index in [1.54, 1.807) is 24.3 Å². The maximum atomic E-state index is 12.5. The van der Waals surface area contributed by atoms with Crippen LogP contribution < -0.4 is 11.1 Å². The molecule has 0 spiro atoms. The van der Waals surface area contributed by atoms with Gasteiger partial charge in [-0.3, -0.25) is 4.79 Å². The van der Waals surface area contributed by atoms with E-state index in [1.807, 2.05) is 20.8 Å². The first-order chi connectivity index (χ1) is 12.2. The van der Waals surface area contributed by atoms with E-state index in [2.05, 4.69) is 5.32 Å². The summed E-state index contributed by atoms with van der Waals surface area (Å²) >= 11 is 0. The van der Waals surface area contributed by atoms with Crippen LogP contribution >= 0.6 is 0 Å². The van der Waals surface area contributed by atoms with Crippen LogP contribution in [0.1, 0.15) is 52.0 Å². The number of nitrogens with one attached hydrogen (secondary N) is 1. The Bertz CT molecular complexity index is 710. The topological polar surface area (TPSA) is 92.5 Å². The molecule has 0 heterocycles. The van der Waals surface area contributed by atoms with E-state index in [4.69, 9.17) is 5.73 Å². The highest BCUT2D eigenvalue weighted by atomic mass is 32.2. The number of nitrogens with zero attached hydrogens (tertiary/aromatic N) is 1. The van der Waals surface area contributed by atoms with Gasteiger partial charge >= 0.3 is 0 Å². The molecule has 146 valence electrons. The van der Waals surface area contributed by atoms with Gasteiger partial charge in [0.15, 0.2) is 0 Å². The molecule has 1 saturated carbocycles. The van der Waals surface area contributed by atoms with Crippen LogP contribution in [0.15, 0.2) is 29.2 Å². The molecule has 0 saturated heterocycles. The lowest BCUT2D eigenvalue weighted by atomic mass is 9.74. The van der Waals surface area contributed by atoms with Gasteiger partial charge < -0.3 is 11.1 Å². The van der Waals surface area contributed by atoms with Crippen molar-refractivity contribution >= 4 is 15.9 Å². The van der Waals surface area contributed by atoms with Crippen LogP contribution in [0.3, 0.4) is 0 Å². The van der Waals surface area contributed by atoms with Crippen LogP contribution in [0.25, 0.3) is 0 Å². The first kappa shape index (κ1) is 20.9. The number of rotatable bonds is 7. The minimum Gasteiger partial charge on any atom is -0.352 e. The van der Waals surface area contributed by atoms with Crippen LogP contribution in [0.2, 0.25) is 0 Å². The lowest BCUT2D eigenvalue weighted by Gasteiger charge is -2.37. The fraction of sp³-hybridized carbons (Fsp3) is 0.632. The molecule has 2 unspecified atom stereocenters. The average molecular weight is 382 g/mol. The summed E-state index contributed by atoms with van der Waals surface area (Å²) in [4.78, 5) is 12.8. The van der Waals surface area contributed by atoms with Crippen molar-refractivity contribution in [2.24, 2.45) is 11.7 Å². The summed E-state index contributed by atoms with van der Waals surface area (Å²) in [6, 6.07) is 6.70. The Morgan fingerprint density at radius 1 is 1.23 bits per heavy atom. The van der Waals surface area contributed by atoms with Gasteiger partial charge in [-0.1, -0.05) is 38.8 Å². The van der Waals surface area contributed by atoms with E-state index >= 15 is 0 Å². The Morgan fingerprint density at radius 2 is 1.85 bits per heavy atom. The minimum atomic E-state index is -3.45. The first-order valence-corrected chi connectivity index (χ1v) is 10.8. The van der Waals surface area contributed by atoms with Crippen LogP contribution in [0, 0.1) is 5.92 Å². The molecule has 0 radical (unpaired) electrons. The number of amides is 1. The smallest absolute Gasteiger partial charge is 0.243 e. The number of hydrogen-bond donors (Lipinski definition) is 2. The third-order valence-electron chi connectivity index (χ3n) is 5.30. The Hall–Kier alpha value is -1.44. The number of sulfonamides is 1. The molecule has 1 aromatic rings. The van der Waals surface area contributed by atoms with Crippen LogP contribution in [0.4, 0.5) is 0 Å². The van der Waals surface area contributed by atoms with Crippen molar-refractivity contribution in [3.63, 3.8) is 0 Å². The molecule has 7 heteroatoms. The highest BCUT2D eigenvalue weighted by Crippen LogP contribution is 2.31. The molecule has 1 aromatic carbocycles. The van der Waals surface area contributed by atoms with E-state index in [1.165, 1.54) is 4.31 Å². The van der Waals surface area contributed by atoms with Crippen LogP contribution in [-0.2, 0) is 21.4 Å². The van der Waals surface area contributed by atoms with Crippen molar-refractivity contribution in [1.29, 1.82) is 0 Å². The summed E-state index contributed by atoms with van der Waals surface area (Å²) in [5.41, 5.74) is 6.69. The number of benzene rings is 1. The molecule has 1 aliphatic rings. The molecule has 26 heavy (non-hydrogen) atoms. The fourth-order valence-electron chi connectivity index (χ4n) is 3.59. The maximum Gasteiger partial charge on any atom is 0.243 e. The highest BCUT2D eigenvalue weighted by molar-refractivity contribution is 7.89. The molecule has 0 bridgehead atoms. The van der Waals surface area contributed by atoms with Crippen molar-refractivity contribution < 1.29 is 13.2 Å². The molecule has 1 fully saturated rings. The third-order valence-corrected chi connectivity index (χ3v) is 7.37. The standard InChI is InChI=1S/C19H31N3O3S/c1-4-22(5-2)26(24,25)16-11-9-15(10-12-16)14-21-18(23)17-8-6-7-13-19(17,3)20/h9-12,17H,4-8,13-14,20H2,1-3H3,(H,21,23). The maximum absolute atomic E-state index is 12.5. The predicted molar refractivity (Wildman–Crippen MR) is 103 cm³/mol. The summed E-state index contributed by atoms with van der Waals surface area (Å²) in [5.74, 6) is -0.187. The summed E-state index contributed by atoms with van der Waals surface area (Å²) in [5, 5.41) is 2.95.